The van der Waals surface area contributed by atoms with Crippen LogP contribution in [0.15, 0.2) is 0 Å². The van der Waals surface area contributed by atoms with Crippen molar-refractivity contribution in [1.82, 2.24) is 0 Å². The van der Waals surface area contributed by atoms with E-state index in [0.29, 0.717) is 0 Å². The number of quaternary nitrogens is 1. The molecule has 19 heavy (non-hydrogen) atoms. The fraction of sp³-hybridized carbons (Fsp3) is 0.455. The first-order valence-electron chi connectivity index (χ1n) is 3.51. The summed E-state index contributed by atoms with van der Waals surface area (Å²) in [5.41, 5.74) is 0. The molecule has 0 aromatic rings. The van der Waals surface area contributed by atoms with Gasteiger partial charge in [-0.2, -0.15) is 6.92 Å². The quantitative estimate of drug-likeness (QED) is 0.356. The van der Waals surface area contributed by atoms with Crippen LogP contribution in [0.25, 0.3) is 0 Å². The molecule has 0 fully saturated rings. The zero-order valence-electron chi connectivity index (χ0n) is 11.3. The van der Waals surface area contributed by atoms with Crippen LogP contribution in [0.3, 0.4) is 0 Å². The third-order valence-corrected chi connectivity index (χ3v) is 0. The van der Waals surface area contributed by atoms with Gasteiger partial charge in [0.2, 0.25) is 0 Å². The molecule has 0 aliphatic heterocycles. The van der Waals surface area contributed by atoms with Gasteiger partial charge in [0.25, 0.3) is 0 Å². The molecule has 0 saturated carbocycles. The summed E-state index contributed by atoms with van der Waals surface area (Å²) in [5.74, 6) is 0. The third-order valence-electron chi connectivity index (χ3n) is 0. The van der Waals surface area contributed by atoms with Crippen molar-refractivity contribution < 1.29 is 49.9 Å². The Balaban J connectivity index is -0.0000000129. The number of hydrogen-bond donors (Lipinski definition) is 0. The molecule has 0 aromatic carbocycles. The Kier molecular flexibility index (Phi) is 339. The Morgan fingerprint density at radius 2 is 0.684 bits per heavy atom. The van der Waals surface area contributed by atoms with Crippen molar-refractivity contribution in [3.63, 3.8) is 0 Å². The number of carbonyl (C=O) groups excluding carboxylic acids is 1. The van der Waals surface area contributed by atoms with E-state index in [1.165, 1.54) is 13.2 Å². The van der Waals surface area contributed by atoms with Crippen molar-refractivity contribution >= 4 is 6.29 Å². The van der Waals surface area contributed by atoms with E-state index < -0.39 is 0 Å². The minimum atomic E-state index is 0. The molecule has 8 heteroatoms. The first-order chi connectivity index (χ1) is 8.41. The average molecular weight is 309 g/mol. The van der Waals surface area contributed by atoms with Crippen molar-refractivity contribution in [2.45, 2.75) is 6.92 Å². The van der Waals surface area contributed by atoms with Crippen LogP contribution < -0.4 is 0 Å². The molecule has 0 radical (unpaired) electrons. The van der Waals surface area contributed by atoms with Crippen LogP contribution in [0.5, 0.6) is 0 Å². The fourth-order valence-electron chi connectivity index (χ4n) is 0. The Hall–Kier alpha value is -1.14. The van der Waals surface area contributed by atoms with Gasteiger partial charge in [-0.3, -0.25) is 6.29 Å². The van der Waals surface area contributed by atoms with E-state index in [1.807, 2.05) is 0 Å². The number of nitrogens with zero attached hydrogens (tertiary/aromatic N) is 1. The topological polar surface area (TPSA) is 117 Å². The third kappa shape index (κ3) is 2880. The van der Waals surface area contributed by atoms with Gasteiger partial charge >= 0.3 is 56.5 Å². The van der Waals surface area contributed by atoms with Crippen molar-refractivity contribution in [1.29, 1.82) is 0 Å². The second kappa shape index (κ2) is 123. The predicted molar refractivity (Wildman–Crippen MR) is 55.0 cm³/mol. The zero-order valence-corrected chi connectivity index (χ0v) is 12.6. The van der Waals surface area contributed by atoms with Crippen LogP contribution in [0.4, 0.5) is 0 Å². The average Bonchev–Trinajstić information content (AvgIpc) is 2.40. The number of hydrogen-bond acceptors (Lipinski definition) is 1. The van der Waals surface area contributed by atoms with Gasteiger partial charge in [0.05, 0.1) is 28.2 Å². The van der Waals surface area contributed by atoms with Gasteiger partial charge in [-0.1, -0.05) is 0 Å². The molecule has 106 valence electrons. The Morgan fingerprint density at radius 3 is 0.684 bits per heavy atom. The van der Waals surface area contributed by atoms with Crippen LogP contribution in [0.1, 0.15) is 6.92 Å². The standard InChI is InChI=1S/C4H12N.C2H3O.5CO.Cr/c1-5(2,3)4;1-2-3;5*1-2;/h1-4H3;1H3;;;;;;/q+1;-1;;;;;;. The molecular formula is C11H15CrNO6. The molecule has 0 unspecified atom stereocenters. The zero-order chi connectivity index (χ0) is 17.2. The van der Waals surface area contributed by atoms with Crippen LogP contribution in [-0.2, 0) is 45.4 Å². The number of rotatable bonds is 0. The predicted octanol–water partition coefficient (Wildman–Crippen LogP) is 0.248. The summed E-state index contributed by atoms with van der Waals surface area (Å²) in [6, 6.07) is 0. The van der Waals surface area contributed by atoms with E-state index in [2.05, 4.69) is 61.4 Å². The maximum atomic E-state index is 8.68. The van der Waals surface area contributed by atoms with Crippen molar-refractivity contribution in [2.75, 3.05) is 28.2 Å². The summed E-state index contributed by atoms with van der Waals surface area (Å²) in [6.45, 7) is 23.8. The summed E-state index contributed by atoms with van der Waals surface area (Å²) >= 11 is 0. The van der Waals surface area contributed by atoms with Crippen molar-refractivity contribution in [3.05, 3.63) is 33.3 Å². The molecule has 0 spiro atoms. The Labute approximate surface area is 125 Å². The van der Waals surface area contributed by atoms with Crippen LogP contribution in [0.2, 0.25) is 0 Å². The van der Waals surface area contributed by atoms with Gasteiger partial charge < -0.3 is 9.28 Å². The van der Waals surface area contributed by atoms with Crippen LogP contribution in [0, 0.1) is 33.3 Å². The van der Waals surface area contributed by atoms with Crippen LogP contribution >= 0.6 is 0 Å². The largest absolute Gasteiger partial charge is 0 e. The SMILES string of the molecule is C[C-]=O.C[N+](C)(C)C.[C-]#[O+].[C-]#[O+].[C-]#[O+].[C-]#[O+].[C-]#[O+].[Cr]. The first-order valence-corrected chi connectivity index (χ1v) is 3.51. The smallest absolute Gasteiger partial charge is 0 e. The molecule has 0 aliphatic carbocycles. The van der Waals surface area contributed by atoms with Crippen molar-refractivity contribution in [2.24, 2.45) is 0 Å². The van der Waals surface area contributed by atoms with Gasteiger partial charge in [0.1, 0.15) is 0 Å². The van der Waals surface area contributed by atoms with Gasteiger partial charge in [0.15, 0.2) is 0 Å². The molecule has 0 heterocycles. The minimum Gasteiger partial charge on any atom is 0 e. The summed E-state index contributed by atoms with van der Waals surface area (Å²) < 4.78 is 38.5. The summed E-state index contributed by atoms with van der Waals surface area (Å²) in [7, 11) is 8.50. The second-order valence-corrected chi connectivity index (χ2v) is 2.89. The van der Waals surface area contributed by atoms with E-state index in [-0.39, 0.29) is 17.4 Å². The summed E-state index contributed by atoms with van der Waals surface area (Å²) in [4.78, 5) is 8.68. The van der Waals surface area contributed by atoms with Gasteiger partial charge in [-0.15, -0.1) is 0 Å². The Morgan fingerprint density at radius 1 is 0.684 bits per heavy atom. The maximum Gasteiger partial charge on any atom is 0 e. The van der Waals surface area contributed by atoms with E-state index in [4.69, 9.17) is 28.1 Å². The van der Waals surface area contributed by atoms with Crippen LogP contribution in [-0.4, -0.2) is 39.0 Å². The minimum absolute atomic E-state index is 0. The first kappa shape index (κ1) is 52.2. The molecule has 0 amide bonds. The molecule has 0 bridgehead atoms. The van der Waals surface area contributed by atoms with E-state index in [0.717, 1.165) is 4.48 Å². The molecule has 0 aromatic heterocycles. The monoisotopic (exact) mass is 309 g/mol. The molecular weight excluding hydrogens is 294 g/mol. The van der Waals surface area contributed by atoms with Gasteiger partial charge in [-0.25, -0.2) is 0 Å². The molecule has 7 nitrogen and oxygen atoms in total. The van der Waals surface area contributed by atoms with Gasteiger partial charge in [0, 0.05) is 17.4 Å². The van der Waals surface area contributed by atoms with E-state index >= 15 is 0 Å². The van der Waals surface area contributed by atoms with E-state index in [1.54, 1.807) is 0 Å². The van der Waals surface area contributed by atoms with Gasteiger partial charge in [-0.05, 0) is 0 Å². The molecule has 0 atom stereocenters. The molecule has 0 rings (SSSR count). The molecule has 0 aliphatic rings. The molecule has 0 N–H and O–H groups in total. The Bertz CT molecular complexity index is 171. The maximum absolute atomic E-state index is 8.68. The van der Waals surface area contributed by atoms with Crippen molar-refractivity contribution in [3.8, 4) is 0 Å². The fourth-order valence-corrected chi connectivity index (χ4v) is 0. The van der Waals surface area contributed by atoms with E-state index in [9.17, 15) is 0 Å². The summed E-state index contributed by atoms with van der Waals surface area (Å²) in [6.07, 6.45) is 1.50. The second-order valence-electron chi connectivity index (χ2n) is 2.89. The summed E-state index contributed by atoms with van der Waals surface area (Å²) in [5, 5.41) is 0. The molecule has 0 saturated heterocycles. The normalized spacial score (nSPS) is 4.37.